The normalized spacial score (nSPS) is 20.6. The van der Waals surface area contributed by atoms with Gasteiger partial charge in [0.2, 0.25) is 15.9 Å². The van der Waals surface area contributed by atoms with Crippen LogP contribution in [0.15, 0.2) is 18.2 Å². The Morgan fingerprint density at radius 2 is 1.96 bits per heavy atom. The molecule has 0 radical (unpaired) electrons. The molecule has 0 aromatic heterocycles. The zero-order valence-corrected chi connectivity index (χ0v) is 14.9. The van der Waals surface area contributed by atoms with Gasteiger partial charge in [0.05, 0.1) is 22.5 Å². The second-order valence-corrected chi connectivity index (χ2v) is 8.43. The summed E-state index contributed by atoms with van der Waals surface area (Å²) in [5, 5.41) is 9.03. The third kappa shape index (κ3) is 3.34. The van der Waals surface area contributed by atoms with E-state index in [9.17, 15) is 18.0 Å². The smallest absolute Gasteiger partial charge is 0.253 e. The molecule has 2 saturated heterocycles. The van der Waals surface area contributed by atoms with Crippen LogP contribution in [0.4, 0.5) is 5.69 Å². The van der Waals surface area contributed by atoms with Crippen molar-refractivity contribution in [1.29, 1.82) is 5.26 Å². The predicted octanol–water partition coefficient (Wildman–Crippen LogP) is 1.78. The molecule has 0 atom stereocenters. The number of hydrogen-bond donors (Lipinski definition) is 0. The van der Waals surface area contributed by atoms with Crippen molar-refractivity contribution in [3.05, 3.63) is 28.8 Å². The molecule has 0 N–H and O–H groups in total. The van der Waals surface area contributed by atoms with Gasteiger partial charge in [0.15, 0.2) is 0 Å². The molecule has 1 aromatic carbocycles. The summed E-state index contributed by atoms with van der Waals surface area (Å²) in [6, 6.07) is 6.49. The molecular weight excluding hydrogens is 366 g/mol. The number of rotatable bonds is 2. The third-order valence-electron chi connectivity index (χ3n) is 4.46. The minimum atomic E-state index is -3.75. The maximum absolute atomic E-state index is 12.7. The number of hydrogen-bond acceptors (Lipinski definition) is 5. The second-order valence-electron chi connectivity index (χ2n) is 6.09. The molecule has 2 fully saturated rings. The van der Waals surface area contributed by atoms with Crippen LogP contribution in [-0.2, 0) is 14.8 Å². The number of piperidine rings is 1. The van der Waals surface area contributed by atoms with Gasteiger partial charge < -0.3 is 4.90 Å². The highest BCUT2D eigenvalue weighted by Gasteiger charge is 2.38. The lowest BCUT2D eigenvalue weighted by atomic mass is 9.98. The molecule has 9 heteroatoms. The van der Waals surface area contributed by atoms with Crippen molar-refractivity contribution in [3.63, 3.8) is 0 Å². The van der Waals surface area contributed by atoms with Crippen LogP contribution in [-0.4, -0.2) is 44.0 Å². The molecule has 3 rings (SSSR count). The topological polar surface area (TPSA) is 98.5 Å². The van der Waals surface area contributed by atoms with Gasteiger partial charge in [-0.2, -0.15) is 5.26 Å². The van der Waals surface area contributed by atoms with E-state index in [4.69, 9.17) is 16.9 Å². The second kappa shape index (κ2) is 6.65. The summed E-state index contributed by atoms with van der Waals surface area (Å²) >= 11 is 6.08. The Labute approximate surface area is 150 Å². The average molecular weight is 382 g/mol. The van der Waals surface area contributed by atoms with E-state index in [0.717, 1.165) is 0 Å². The van der Waals surface area contributed by atoms with E-state index in [1.165, 1.54) is 18.2 Å². The van der Waals surface area contributed by atoms with Gasteiger partial charge in [-0.3, -0.25) is 9.59 Å². The summed E-state index contributed by atoms with van der Waals surface area (Å²) in [5.74, 6) is -1.13. The van der Waals surface area contributed by atoms with E-state index >= 15 is 0 Å². The van der Waals surface area contributed by atoms with Crippen LogP contribution < -0.4 is 4.31 Å². The number of likely N-dealkylation sites (tertiary alicyclic amines) is 1. The van der Waals surface area contributed by atoms with Gasteiger partial charge in [0.25, 0.3) is 5.91 Å². The van der Waals surface area contributed by atoms with Crippen molar-refractivity contribution in [2.45, 2.75) is 19.3 Å². The Morgan fingerprint density at radius 3 is 2.52 bits per heavy atom. The summed E-state index contributed by atoms with van der Waals surface area (Å²) in [7, 11) is -3.75. The van der Waals surface area contributed by atoms with E-state index in [-0.39, 0.29) is 40.3 Å². The van der Waals surface area contributed by atoms with Crippen LogP contribution in [0.3, 0.4) is 0 Å². The lowest BCUT2D eigenvalue weighted by Crippen LogP contribution is -2.38. The van der Waals surface area contributed by atoms with Crippen molar-refractivity contribution in [3.8, 4) is 6.07 Å². The van der Waals surface area contributed by atoms with Gasteiger partial charge in [-0.15, -0.1) is 0 Å². The Hall–Kier alpha value is -2.11. The van der Waals surface area contributed by atoms with Crippen LogP contribution >= 0.6 is 11.6 Å². The standard InChI is InChI=1S/C16H16ClN3O4S/c17-13-2-1-12(16(22)19-6-3-11(10-18)4-7-19)9-14(13)20-15(21)5-8-25(20,23)24/h1-2,9,11H,3-8H2. The molecule has 1 aromatic rings. The minimum Gasteiger partial charge on any atom is -0.339 e. The zero-order chi connectivity index (χ0) is 18.2. The number of halogens is 1. The largest absolute Gasteiger partial charge is 0.339 e. The number of nitriles is 1. The summed E-state index contributed by atoms with van der Waals surface area (Å²) in [6.07, 6.45) is 1.13. The first kappa shape index (κ1) is 17.7. The van der Waals surface area contributed by atoms with Gasteiger partial charge in [-0.05, 0) is 31.0 Å². The lowest BCUT2D eigenvalue weighted by Gasteiger charge is -2.29. The number of sulfonamides is 1. The van der Waals surface area contributed by atoms with Gasteiger partial charge in [-0.1, -0.05) is 11.6 Å². The first-order chi connectivity index (χ1) is 11.8. The molecule has 0 saturated carbocycles. The van der Waals surface area contributed by atoms with Crippen LogP contribution in [0, 0.1) is 17.2 Å². The SMILES string of the molecule is N#CC1CCN(C(=O)c2ccc(Cl)c(N3C(=O)CCS3(=O)=O)c2)CC1. The number of anilines is 1. The molecule has 0 unspecified atom stereocenters. The molecule has 0 spiro atoms. The fourth-order valence-electron chi connectivity index (χ4n) is 3.04. The van der Waals surface area contributed by atoms with Crippen molar-refractivity contribution < 1.29 is 18.0 Å². The van der Waals surface area contributed by atoms with Gasteiger partial charge >= 0.3 is 0 Å². The van der Waals surface area contributed by atoms with E-state index in [2.05, 4.69) is 6.07 Å². The first-order valence-electron chi connectivity index (χ1n) is 7.88. The Morgan fingerprint density at radius 1 is 1.28 bits per heavy atom. The zero-order valence-electron chi connectivity index (χ0n) is 13.3. The minimum absolute atomic E-state index is 0.0157. The van der Waals surface area contributed by atoms with Crippen LogP contribution in [0.25, 0.3) is 0 Å². The quantitative estimate of drug-likeness (QED) is 0.777. The van der Waals surface area contributed by atoms with E-state index in [1.54, 1.807) is 4.90 Å². The van der Waals surface area contributed by atoms with Crippen molar-refractivity contribution in [1.82, 2.24) is 4.90 Å². The number of amides is 2. The molecule has 7 nitrogen and oxygen atoms in total. The van der Waals surface area contributed by atoms with Crippen LogP contribution in [0.1, 0.15) is 29.6 Å². The molecule has 2 aliphatic heterocycles. The molecule has 2 amide bonds. The highest BCUT2D eigenvalue weighted by Crippen LogP contribution is 2.33. The summed E-state index contributed by atoms with van der Waals surface area (Å²) < 4.78 is 24.9. The monoisotopic (exact) mass is 381 g/mol. The summed E-state index contributed by atoms with van der Waals surface area (Å²) in [5.41, 5.74) is 0.284. The highest BCUT2D eigenvalue weighted by molar-refractivity contribution is 7.94. The molecule has 2 aliphatic rings. The number of nitrogens with zero attached hydrogens (tertiary/aromatic N) is 3. The molecular formula is C16H16ClN3O4S. The molecule has 132 valence electrons. The number of benzene rings is 1. The fourth-order valence-corrected chi connectivity index (χ4v) is 4.76. The third-order valence-corrected chi connectivity index (χ3v) is 6.45. The van der Waals surface area contributed by atoms with E-state index < -0.39 is 15.9 Å². The fraction of sp³-hybridized carbons (Fsp3) is 0.438. The van der Waals surface area contributed by atoms with E-state index in [1.807, 2.05) is 0 Å². The molecule has 0 aliphatic carbocycles. The van der Waals surface area contributed by atoms with Gasteiger partial charge in [0, 0.05) is 31.0 Å². The highest BCUT2D eigenvalue weighted by atomic mass is 35.5. The maximum atomic E-state index is 12.7. The Balaban J connectivity index is 1.89. The Bertz CT molecular complexity index is 870. The number of carbonyl (C=O) groups excluding carboxylic acids is 2. The number of carbonyl (C=O) groups is 2. The van der Waals surface area contributed by atoms with Crippen molar-refractivity contribution >= 4 is 39.1 Å². The Kier molecular flexibility index (Phi) is 4.71. The molecule has 25 heavy (non-hydrogen) atoms. The molecule has 0 bridgehead atoms. The van der Waals surface area contributed by atoms with E-state index in [0.29, 0.717) is 30.2 Å². The van der Waals surface area contributed by atoms with Crippen LogP contribution in [0.2, 0.25) is 5.02 Å². The van der Waals surface area contributed by atoms with Gasteiger partial charge in [-0.25, -0.2) is 12.7 Å². The maximum Gasteiger partial charge on any atom is 0.253 e. The average Bonchev–Trinajstić information content (AvgIpc) is 2.88. The molecule has 2 heterocycles. The van der Waals surface area contributed by atoms with Crippen molar-refractivity contribution in [2.75, 3.05) is 23.1 Å². The first-order valence-corrected chi connectivity index (χ1v) is 9.86. The predicted molar refractivity (Wildman–Crippen MR) is 91.6 cm³/mol. The van der Waals surface area contributed by atoms with Gasteiger partial charge in [0.1, 0.15) is 0 Å². The van der Waals surface area contributed by atoms with Crippen molar-refractivity contribution in [2.24, 2.45) is 5.92 Å². The van der Waals surface area contributed by atoms with Crippen LogP contribution in [0.5, 0.6) is 0 Å². The summed E-state index contributed by atoms with van der Waals surface area (Å²) in [6.45, 7) is 0.936. The lowest BCUT2D eigenvalue weighted by molar-refractivity contribution is -0.116. The summed E-state index contributed by atoms with van der Waals surface area (Å²) in [4.78, 5) is 26.2.